The number of amides is 1. The molecule has 0 aliphatic heterocycles. The molecular weight excluding hydrogens is 442 g/mol. The molecule has 0 aliphatic carbocycles. The molecule has 2 aromatic rings. The minimum Gasteiger partial charge on any atom is -0.276 e. The molecular formula is C20H26Cl4N2O2. The Morgan fingerprint density at radius 1 is 0.964 bits per heavy atom. The fourth-order valence-electron chi connectivity index (χ4n) is 2.22. The molecule has 1 amide bonds. The third-order valence-corrected chi connectivity index (χ3v) is 4.15. The third-order valence-electron chi connectivity index (χ3n) is 3.50. The molecule has 28 heavy (non-hydrogen) atoms. The van der Waals surface area contributed by atoms with Crippen molar-refractivity contribution in [1.82, 2.24) is 10.4 Å². The molecule has 0 aliphatic rings. The van der Waals surface area contributed by atoms with E-state index in [4.69, 9.17) is 23.2 Å². The lowest BCUT2D eigenvalue weighted by molar-refractivity contribution is 0.0442. The quantitative estimate of drug-likeness (QED) is 0.449. The van der Waals surface area contributed by atoms with Gasteiger partial charge in [0.1, 0.15) is 0 Å². The van der Waals surface area contributed by atoms with Crippen molar-refractivity contribution in [1.29, 1.82) is 0 Å². The number of benzene rings is 2. The normalized spacial score (nSPS) is 9.82. The van der Waals surface area contributed by atoms with E-state index >= 15 is 0 Å². The molecule has 0 fully saturated rings. The maximum atomic E-state index is 12.3. The summed E-state index contributed by atoms with van der Waals surface area (Å²) in [4.78, 5) is 22.7. The van der Waals surface area contributed by atoms with Gasteiger partial charge in [0, 0.05) is 23.2 Å². The Morgan fingerprint density at radius 3 is 1.86 bits per heavy atom. The van der Waals surface area contributed by atoms with E-state index < -0.39 is 5.24 Å². The van der Waals surface area contributed by atoms with Crippen molar-refractivity contribution in [2.24, 2.45) is 0 Å². The summed E-state index contributed by atoms with van der Waals surface area (Å²) in [6.07, 6.45) is 0. The highest BCUT2D eigenvalue weighted by Gasteiger charge is 2.26. The molecule has 0 unspecified atom stereocenters. The van der Waals surface area contributed by atoms with E-state index in [1.54, 1.807) is 54.5 Å². The Labute approximate surface area is 189 Å². The Bertz CT molecular complexity index is 763. The van der Waals surface area contributed by atoms with Crippen molar-refractivity contribution in [3.63, 3.8) is 0 Å². The molecule has 0 heterocycles. The monoisotopic (exact) mass is 466 g/mol. The average molecular weight is 468 g/mol. The van der Waals surface area contributed by atoms with Crippen molar-refractivity contribution in [2.75, 3.05) is 7.05 Å². The number of halogens is 4. The zero-order valence-electron chi connectivity index (χ0n) is 16.5. The number of hydrogen-bond donors (Lipinski definition) is 1. The molecule has 0 atom stereocenters. The van der Waals surface area contributed by atoms with Crippen molar-refractivity contribution < 1.29 is 9.59 Å². The Balaban J connectivity index is 0. The van der Waals surface area contributed by atoms with Gasteiger partial charge < -0.3 is 0 Å². The van der Waals surface area contributed by atoms with Crippen LogP contribution in [0.5, 0.6) is 0 Å². The van der Waals surface area contributed by atoms with E-state index in [0.717, 1.165) is 5.56 Å². The van der Waals surface area contributed by atoms with Gasteiger partial charge in [-0.05, 0) is 63.1 Å². The molecule has 8 heteroatoms. The van der Waals surface area contributed by atoms with E-state index in [-0.39, 0.29) is 36.3 Å². The molecule has 2 rings (SSSR count). The maximum Gasteiger partial charge on any atom is 0.268 e. The number of hydrogen-bond acceptors (Lipinski definition) is 3. The number of aryl methyl sites for hydroxylation is 1. The number of nitrogens with one attached hydrogen (secondary N) is 1. The fraction of sp³-hybridized carbons (Fsp3) is 0.300. The summed E-state index contributed by atoms with van der Waals surface area (Å²) < 4.78 is 0. The van der Waals surface area contributed by atoms with Gasteiger partial charge in [0.05, 0.1) is 5.54 Å². The molecule has 0 saturated carbocycles. The first-order valence-electron chi connectivity index (χ1n) is 8.11. The smallest absolute Gasteiger partial charge is 0.268 e. The highest BCUT2D eigenvalue weighted by atomic mass is 35.5. The number of nitrogens with zero attached hydrogens (tertiary/aromatic N) is 1. The molecule has 1 N–H and O–H groups in total. The molecule has 0 aromatic heterocycles. The predicted molar refractivity (Wildman–Crippen MR) is 122 cm³/mol. The van der Waals surface area contributed by atoms with E-state index in [1.165, 1.54) is 0 Å². The van der Waals surface area contributed by atoms with Crippen LogP contribution >= 0.6 is 48.0 Å². The van der Waals surface area contributed by atoms with Crippen LogP contribution in [0.4, 0.5) is 0 Å². The summed E-state index contributed by atoms with van der Waals surface area (Å²) >= 11 is 11.1. The summed E-state index contributed by atoms with van der Waals surface area (Å²) in [6, 6.07) is 14.0. The van der Waals surface area contributed by atoms with Gasteiger partial charge in [-0.25, -0.2) is 5.43 Å². The molecule has 156 valence electrons. The molecule has 0 bridgehead atoms. The summed E-state index contributed by atoms with van der Waals surface area (Å²) in [5, 5.41) is 1.87. The zero-order chi connectivity index (χ0) is 19.9. The first-order valence-corrected chi connectivity index (χ1v) is 8.86. The van der Waals surface area contributed by atoms with E-state index in [1.807, 2.05) is 33.8 Å². The maximum absolute atomic E-state index is 12.3. The highest BCUT2D eigenvalue weighted by molar-refractivity contribution is 6.67. The van der Waals surface area contributed by atoms with Crippen LogP contribution in [0.2, 0.25) is 5.02 Å². The lowest BCUT2D eigenvalue weighted by Gasteiger charge is -2.34. The average Bonchev–Trinajstić information content (AvgIpc) is 2.58. The number of hydrazine groups is 1. The first kappa shape index (κ1) is 28.9. The van der Waals surface area contributed by atoms with Gasteiger partial charge in [-0.2, -0.15) is 0 Å². The van der Waals surface area contributed by atoms with Crippen LogP contribution in [0, 0.1) is 6.92 Å². The third kappa shape index (κ3) is 8.80. The van der Waals surface area contributed by atoms with E-state index in [2.05, 4.69) is 5.43 Å². The topological polar surface area (TPSA) is 49.4 Å². The predicted octanol–water partition coefficient (Wildman–Crippen LogP) is 5.93. The van der Waals surface area contributed by atoms with Crippen LogP contribution in [0.3, 0.4) is 0 Å². The number of rotatable bonds is 3. The van der Waals surface area contributed by atoms with Crippen LogP contribution in [-0.4, -0.2) is 28.7 Å². The molecule has 0 spiro atoms. The van der Waals surface area contributed by atoms with Gasteiger partial charge in [-0.15, -0.1) is 24.8 Å². The second-order valence-corrected chi connectivity index (χ2v) is 7.39. The summed E-state index contributed by atoms with van der Waals surface area (Å²) in [6.45, 7) is 7.82. The van der Waals surface area contributed by atoms with Gasteiger partial charge in [0.25, 0.3) is 11.1 Å². The summed E-state index contributed by atoms with van der Waals surface area (Å²) in [5.41, 5.74) is 4.73. The highest BCUT2D eigenvalue weighted by Crippen LogP contribution is 2.19. The lowest BCUT2D eigenvalue weighted by Crippen LogP contribution is -2.52. The lowest BCUT2D eigenvalue weighted by atomic mass is 10.1. The van der Waals surface area contributed by atoms with E-state index in [0.29, 0.717) is 16.1 Å². The van der Waals surface area contributed by atoms with Gasteiger partial charge in [0.2, 0.25) is 0 Å². The molecule has 0 radical (unpaired) electrons. The van der Waals surface area contributed by atoms with Crippen molar-refractivity contribution in [3.8, 4) is 0 Å². The van der Waals surface area contributed by atoms with Crippen molar-refractivity contribution in [2.45, 2.75) is 33.2 Å². The molecule has 0 saturated heterocycles. The van der Waals surface area contributed by atoms with Crippen LogP contribution < -0.4 is 5.43 Å². The van der Waals surface area contributed by atoms with Crippen molar-refractivity contribution in [3.05, 3.63) is 70.2 Å². The summed E-state index contributed by atoms with van der Waals surface area (Å²) in [7, 11) is 1.74. The van der Waals surface area contributed by atoms with Gasteiger partial charge in [-0.3, -0.25) is 14.6 Å². The van der Waals surface area contributed by atoms with Gasteiger partial charge in [0.15, 0.2) is 0 Å². The summed E-state index contributed by atoms with van der Waals surface area (Å²) in [5.74, 6) is -0.0558. The van der Waals surface area contributed by atoms with Gasteiger partial charge in [-0.1, -0.05) is 41.9 Å². The van der Waals surface area contributed by atoms with Crippen LogP contribution in [0.15, 0.2) is 48.5 Å². The van der Waals surface area contributed by atoms with Gasteiger partial charge >= 0.3 is 0 Å². The minimum atomic E-state index is -0.407. The molecule has 2 aromatic carbocycles. The second kappa shape index (κ2) is 13.0. The SMILES string of the molecule is CNN(C(=O)c1ccc(Cl)c(C)c1)C(C)(C)C.Cl.Cl.O=C(Cl)c1ccccc1. The van der Waals surface area contributed by atoms with E-state index in [9.17, 15) is 9.59 Å². The first-order chi connectivity index (χ1) is 12.1. The Morgan fingerprint density at radius 2 is 1.50 bits per heavy atom. The van der Waals surface area contributed by atoms with Crippen molar-refractivity contribution >= 4 is 59.2 Å². The minimum absolute atomic E-state index is 0. The number of carbonyl (C=O) groups is 2. The fourth-order valence-corrected chi connectivity index (χ4v) is 2.46. The Kier molecular flexibility index (Phi) is 13.4. The second-order valence-electron chi connectivity index (χ2n) is 6.64. The molecule has 4 nitrogen and oxygen atoms in total. The van der Waals surface area contributed by atoms with Crippen LogP contribution in [0.25, 0.3) is 0 Å². The van der Waals surface area contributed by atoms with Crippen LogP contribution in [0.1, 0.15) is 47.1 Å². The van der Waals surface area contributed by atoms with Crippen LogP contribution in [-0.2, 0) is 0 Å². The Hall–Kier alpha value is -1.30. The standard InChI is InChI=1S/C13H19ClN2O.C7H5ClO.2ClH/c1-9-8-10(6-7-11(9)14)12(17)16(15-5)13(2,3)4;8-7(9)6-4-2-1-3-5-6;;/h6-8,15H,1-5H3;1-5H;2*1H. The number of carbonyl (C=O) groups excluding carboxylic acids is 2. The zero-order valence-corrected chi connectivity index (χ0v) is 19.6. The largest absolute Gasteiger partial charge is 0.276 e.